The zero-order valence-electron chi connectivity index (χ0n) is 8.94. The van der Waals surface area contributed by atoms with Crippen molar-refractivity contribution in [2.75, 3.05) is 0 Å². The lowest BCUT2D eigenvalue weighted by atomic mass is 9.96. The van der Waals surface area contributed by atoms with Gasteiger partial charge in [-0.15, -0.1) is 0 Å². The van der Waals surface area contributed by atoms with Crippen molar-refractivity contribution in [3.05, 3.63) is 28.3 Å². The second kappa shape index (κ2) is 3.82. The molecule has 1 aromatic rings. The Morgan fingerprint density at radius 1 is 1.00 bits per heavy atom. The molecule has 0 unspecified atom stereocenters. The third-order valence-corrected chi connectivity index (χ3v) is 2.81. The van der Waals surface area contributed by atoms with Gasteiger partial charge in [0.2, 0.25) is 0 Å². The van der Waals surface area contributed by atoms with Crippen molar-refractivity contribution in [1.29, 1.82) is 0 Å². The first-order valence-corrected chi connectivity index (χ1v) is 4.92. The fourth-order valence-electron chi connectivity index (χ4n) is 1.68. The van der Waals surface area contributed by atoms with E-state index in [1.54, 1.807) is 0 Å². The maximum Gasteiger partial charge on any atom is 0.121 e. The molecule has 1 N–H and O–H groups in total. The standard InChI is InChI=1S/C12H18O/c1-5-10-7-11(6-2)12(13)9(4)8(10)3/h7,13H,5-6H2,1-4H3. The highest BCUT2D eigenvalue weighted by Crippen LogP contribution is 2.28. The number of phenols is 1. The molecule has 1 rings (SSSR count). The van der Waals surface area contributed by atoms with Crippen molar-refractivity contribution >= 4 is 0 Å². The highest BCUT2D eigenvalue weighted by Gasteiger charge is 2.08. The minimum absolute atomic E-state index is 0.484. The zero-order valence-corrected chi connectivity index (χ0v) is 8.94. The van der Waals surface area contributed by atoms with Crippen molar-refractivity contribution in [1.82, 2.24) is 0 Å². The number of aryl methyl sites for hydroxylation is 2. The molecule has 0 atom stereocenters. The van der Waals surface area contributed by atoms with Crippen molar-refractivity contribution in [2.45, 2.75) is 40.5 Å². The lowest BCUT2D eigenvalue weighted by Gasteiger charge is -2.12. The van der Waals surface area contributed by atoms with Crippen LogP contribution in [0.15, 0.2) is 6.07 Å². The Bertz CT molecular complexity index is 285. The van der Waals surface area contributed by atoms with Gasteiger partial charge in [0.25, 0.3) is 0 Å². The van der Waals surface area contributed by atoms with E-state index in [1.165, 1.54) is 11.1 Å². The predicted molar refractivity (Wildman–Crippen MR) is 56.3 cm³/mol. The monoisotopic (exact) mass is 178 g/mol. The van der Waals surface area contributed by atoms with Gasteiger partial charge < -0.3 is 5.11 Å². The molecule has 0 saturated heterocycles. The average molecular weight is 178 g/mol. The van der Waals surface area contributed by atoms with E-state index >= 15 is 0 Å². The van der Waals surface area contributed by atoms with E-state index in [0.29, 0.717) is 5.75 Å². The van der Waals surface area contributed by atoms with Crippen LogP contribution in [0.2, 0.25) is 0 Å². The molecule has 0 aliphatic heterocycles. The summed E-state index contributed by atoms with van der Waals surface area (Å²) in [5, 5.41) is 9.80. The molecule has 0 fully saturated rings. The molecule has 0 radical (unpaired) electrons. The fourth-order valence-corrected chi connectivity index (χ4v) is 1.68. The first kappa shape index (κ1) is 10.1. The van der Waals surface area contributed by atoms with E-state index in [9.17, 15) is 5.11 Å². The molecule has 0 aliphatic rings. The molecule has 0 spiro atoms. The smallest absolute Gasteiger partial charge is 0.121 e. The zero-order chi connectivity index (χ0) is 10.0. The maximum absolute atomic E-state index is 9.80. The van der Waals surface area contributed by atoms with Gasteiger partial charge in [-0.3, -0.25) is 0 Å². The molecular weight excluding hydrogens is 160 g/mol. The summed E-state index contributed by atoms with van der Waals surface area (Å²) in [5.41, 5.74) is 4.69. The number of aromatic hydroxyl groups is 1. The molecule has 0 heterocycles. The van der Waals surface area contributed by atoms with Gasteiger partial charge in [-0.25, -0.2) is 0 Å². The normalized spacial score (nSPS) is 10.5. The molecule has 0 aromatic heterocycles. The molecule has 0 saturated carbocycles. The summed E-state index contributed by atoms with van der Waals surface area (Å²) < 4.78 is 0. The molecule has 1 heteroatoms. The van der Waals surface area contributed by atoms with Crippen LogP contribution in [0.3, 0.4) is 0 Å². The lowest BCUT2D eigenvalue weighted by Crippen LogP contribution is -1.95. The summed E-state index contributed by atoms with van der Waals surface area (Å²) in [4.78, 5) is 0. The van der Waals surface area contributed by atoms with Crippen molar-refractivity contribution in [3.8, 4) is 5.75 Å². The van der Waals surface area contributed by atoms with E-state index in [0.717, 1.165) is 24.0 Å². The Morgan fingerprint density at radius 3 is 2.00 bits per heavy atom. The SMILES string of the molecule is CCc1cc(CC)c(O)c(C)c1C. The minimum Gasteiger partial charge on any atom is -0.507 e. The van der Waals surface area contributed by atoms with Gasteiger partial charge in [-0.1, -0.05) is 19.9 Å². The Hall–Kier alpha value is -0.980. The van der Waals surface area contributed by atoms with Crippen LogP contribution in [0.5, 0.6) is 5.75 Å². The van der Waals surface area contributed by atoms with Crippen LogP contribution in [-0.2, 0) is 12.8 Å². The molecule has 1 nitrogen and oxygen atoms in total. The van der Waals surface area contributed by atoms with E-state index in [4.69, 9.17) is 0 Å². The number of phenolic OH excluding ortho intramolecular Hbond substituents is 1. The van der Waals surface area contributed by atoms with E-state index in [2.05, 4.69) is 26.8 Å². The topological polar surface area (TPSA) is 20.2 Å². The predicted octanol–water partition coefficient (Wildman–Crippen LogP) is 3.13. The van der Waals surface area contributed by atoms with Crippen molar-refractivity contribution in [3.63, 3.8) is 0 Å². The second-order valence-corrected chi connectivity index (χ2v) is 3.50. The van der Waals surface area contributed by atoms with E-state index < -0.39 is 0 Å². The molecular formula is C12H18O. The Kier molecular flexibility index (Phi) is 2.97. The Balaban J connectivity index is 3.36. The average Bonchev–Trinajstić information content (AvgIpc) is 2.15. The van der Waals surface area contributed by atoms with Gasteiger partial charge in [-0.05, 0) is 48.9 Å². The first-order chi connectivity index (χ1) is 6.11. The minimum atomic E-state index is 0.484. The Morgan fingerprint density at radius 2 is 1.54 bits per heavy atom. The van der Waals surface area contributed by atoms with Gasteiger partial charge in [0.15, 0.2) is 0 Å². The van der Waals surface area contributed by atoms with Gasteiger partial charge in [0.1, 0.15) is 5.75 Å². The van der Waals surface area contributed by atoms with Gasteiger partial charge in [0.05, 0.1) is 0 Å². The van der Waals surface area contributed by atoms with Gasteiger partial charge in [0, 0.05) is 0 Å². The quantitative estimate of drug-likeness (QED) is 0.737. The third kappa shape index (κ3) is 1.69. The number of benzene rings is 1. The highest BCUT2D eigenvalue weighted by molar-refractivity contribution is 5.48. The molecule has 1 aromatic carbocycles. The largest absolute Gasteiger partial charge is 0.507 e. The van der Waals surface area contributed by atoms with Crippen molar-refractivity contribution < 1.29 is 5.11 Å². The highest BCUT2D eigenvalue weighted by atomic mass is 16.3. The van der Waals surface area contributed by atoms with Crippen molar-refractivity contribution in [2.24, 2.45) is 0 Å². The molecule has 0 aliphatic carbocycles. The van der Waals surface area contributed by atoms with Gasteiger partial charge in [-0.2, -0.15) is 0 Å². The van der Waals surface area contributed by atoms with Crippen LogP contribution in [0, 0.1) is 13.8 Å². The first-order valence-electron chi connectivity index (χ1n) is 4.92. The fraction of sp³-hybridized carbons (Fsp3) is 0.500. The van der Waals surface area contributed by atoms with Crippen LogP contribution in [0.25, 0.3) is 0 Å². The summed E-state index contributed by atoms with van der Waals surface area (Å²) in [7, 11) is 0. The summed E-state index contributed by atoms with van der Waals surface area (Å²) in [5.74, 6) is 0.484. The number of hydrogen-bond acceptors (Lipinski definition) is 1. The summed E-state index contributed by atoms with van der Waals surface area (Å²) >= 11 is 0. The van der Waals surface area contributed by atoms with Crippen LogP contribution < -0.4 is 0 Å². The van der Waals surface area contributed by atoms with E-state index in [-0.39, 0.29) is 0 Å². The van der Waals surface area contributed by atoms with Crippen LogP contribution >= 0.6 is 0 Å². The molecule has 0 bridgehead atoms. The van der Waals surface area contributed by atoms with Crippen LogP contribution in [-0.4, -0.2) is 5.11 Å². The lowest BCUT2D eigenvalue weighted by molar-refractivity contribution is 0.463. The second-order valence-electron chi connectivity index (χ2n) is 3.50. The summed E-state index contributed by atoms with van der Waals surface area (Å²) in [6, 6.07) is 2.12. The maximum atomic E-state index is 9.80. The number of rotatable bonds is 2. The van der Waals surface area contributed by atoms with E-state index in [1.807, 2.05) is 6.92 Å². The summed E-state index contributed by atoms with van der Waals surface area (Å²) in [6.45, 7) is 8.29. The van der Waals surface area contributed by atoms with Crippen LogP contribution in [0.4, 0.5) is 0 Å². The Labute approximate surface area is 80.4 Å². The molecule has 0 amide bonds. The molecule has 13 heavy (non-hydrogen) atoms. The van der Waals surface area contributed by atoms with Crippen LogP contribution in [0.1, 0.15) is 36.1 Å². The number of hydrogen-bond donors (Lipinski definition) is 1. The molecule has 72 valence electrons. The third-order valence-electron chi connectivity index (χ3n) is 2.81. The van der Waals surface area contributed by atoms with Gasteiger partial charge >= 0.3 is 0 Å². The summed E-state index contributed by atoms with van der Waals surface area (Å²) in [6.07, 6.45) is 1.94.